The fraction of sp³-hybridized carbons (Fsp3) is 0.480. The van der Waals surface area contributed by atoms with Crippen LogP contribution in [-0.4, -0.2) is 0 Å². The third kappa shape index (κ3) is 5.58. The van der Waals surface area contributed by atoms with Crippen LogP contribution in [0.15, 0.2) is 48.5 Å². The van der Waals surface area contributed by atoms with Gasteiger partial charge in [-0.15, -0.1) is 0 Å². The van der Waals surface area contributed by atoms with Crippen LogP contribution in [-0.2, 0) is 0 Å². The van der Waals surface area contributed by atoms with E-state index < -0.39 is 5.82 Å². The molecule has 3 rings (SSSR count). The monoisotopic (exact) mass is 379 g/mol. The predicted molar refractivity (Wildman–Crippen MR) is 111 cm³/mol. The summed E-state index contributed by atoms with van der Waals surface area (Å²) in [6.45, 7) is 2.28. The lowest BCUT2D eigenvalue weighted by molar-refractivity contribution is 0.167. The maximum absolute atomic E-state index is 14.0. The molecule has 0 bridgehead atoms. The molecule has 2 aromatic carbocycles. The Morgan fingerprint density at radius 1 is 1.04 bits per heavy atom. The molecular weight excluding hydrogens is 349 g/mol. The van der Waals surface area contributed by atoms with E-state index in [0.717, 1.165) is 30.2 Å². The third-order valence-electron chi connectivity index (χ3n) is 6.01. The molecule has 1 fully saturated rings. The third-order valence-corrected chi connectivity index (χ3v) is 6.01. The fourth-order valence-corrected chi connectivity index (χ4v) is 4.39. The lowest BCUT2D eigenvalue weighted by Gasteiger charge is -2.29. The molecule has 3 heteroatoms. The van der Waals surface area contributed by atoms with Gasteiger partial charge in [0.15, 0.2) is 0 Å². The lowest BCUT2D eigenvalue weighted by Crippen LogP contribution is -2.16. The van der Waals surface area contributed by atoms with Gasteiger partial charge in [0.2, 0.25) is 0 Å². The molecule has 1 saturated carbocycles. The Bertz CT molecular complexity index is 775. The quantitative estimate of drug-likeness (QED) is 0.485. The molecule has 0 aromatic heterocycles. The van der Waals surface area contributed by atoms with Crippen LogP contribution in [0, 0.1) is 29.0 Å². The van der Waals surface area contributed by atoms with Gasteiger partial charge < -0.3 is 4.74 Å². The normalized spacial score (nSPS) is 20.3. The van der Waals surface area contributed by atoms with E-state index in [0.29, 0.717) is 5.75 Å². The minimum atomic E-state index is -0.527. The summed E-state index contributed by atoms with van der Waals surface area (Å²) in [5.74, 6) is 1.64. The van der Waals surface area contributed by atoms with Crippen LogP contribution >= 0.6 is 0 Å². The first-order chi connectivity index (χ1) is 13.7. The van der Waals surface area contributed by atoms with Crippen LogP contribution in [0.5, 0.6) is 5.75 Å². The minimum absolute atomic E-state index is 0.0486. The summed E-state index contributed by atoms with van der Waals surface area (Å²) in [5, 5.41) is 8.92. The highest BCUT2D eigenvalue weighted by atomic mass is 19.1. The summed E-state index contributed by atoms with van der Waals surface area (Å²) in [7, 11) is 0. The zero-order chi connectivity index (χ0) is 19.8. The largest absolute Gasteiger partial charge is 0.486 e. The second-order valence-corrected chi connectivity index (χ2v) is 8.02. The fourth-order valence-electron chi connectivity index (χ4n) is 4.39. The molecular formula is C25H30FNO. The molecule has 0 heterocycles. The van der Waals surface area contributed by atoms with Crippen molar-refractivity contribution in [2.45, 2.75) is 64.4 Å². The average molecular weight is 380 g/mol. The molecule has 0 spiro atoms. The van der Waals surface area contributed by atoms with Crippen molar-refractivity contribution in [3.8, 4) is 11.8 Å². The Hall–Kier alpha value is -2.34. The number of ether oxygens (including phenoxy) is 1. The molecule has 0 amide bonds. The highest BCUT2D eigenvalue weighted by molar-refractivity contribution is 5.36. The molecule has 28 heavy (non-hydrogen) atoms. The van der Waals surface area contributed by atoms with E-state index in [-0.39, 0.29) is 11.7 Å². The first-order valence-corrected chi connectivity index (χ1v) is 10.6. The summed E-state index contributed by atoms with van der Waals surface area (Å²) >= 11 is 0. The van der Waals surface area contributed by atoms with Gasteiger partial charge >= 0.3 is 0 Å². The van der Waals surface area contributed by atoms with Crippen LogP contribution in [0.25, 0.3) is 0 Å². The standard InChI is InChI=1S/C25H30FNO/c1-2-6-19-9-11-20(12-10-19)13-16-25(21-7-4-3-5-8-21)28-23-15-14-22(18-27)24(26)17-23/h3-5,7-8,14-15,17,19-20,25H,2,6,9-13,16H2,1H3. The molecule has 1 unspecified atom stereocenters. The van der Waals surface area contributed by atoms with Gasteiger partial charge in [-0.2, -0.15) is 5.26 Å². The summed E-state index contributed by atoms with van der Waals surface area (Å²) in [4.78, 5) is 0. The molecule has 1 aliphatic rings. The van der Waals surface area contributed by atoms with Crippen molar-refractivity contribution in [2.75, 3.05) is 0 Å². The summed E-state index contributed by atoms with van der Waals surface area (Å²) in [6, 6.07) is 16.5. The zero-order valence-electron chi connectivity index (χ0n) is 16.7. The summed E-state index contributed by atoms with van der Waals surface area (Å²) in [5.41, 5.74) is 1.17. The number of hydrogen-bond donors (Lipinski definition) is 0. The van der Waals surface area contributed by atoms with Crippen molar-refractivity contribution in [3.63, 3.8) is 0 Å². The molecule has 0 radical (unpaired) electrons. The van der Waals surface area contributed by atoms with Gasteiger partial charge in [-0.05, 0) is 42.4 Å². The van der Waals surface area contributed by atoms with E-state index in [1.54, 1.807) is 6.07 Å². The van der Waals surface area contributed by atoms with E-state index in [4.69, 9.17) is 10.00 Å². The topological polar surface area (TPSA) is 33.0 Å². The van der Waals surface area contributed by atoms with Crippen molar-refractivity contribution in [1.29, 1.82) is 5.26 Å². The van der Waals surface area contributed by atoms with E-state index in [1.807, 2.05) is 24.3 Å². The van der Waals surface area contributed by atoms with Crippen LogP contribution < -0.4 is 4.74 Å². The number of hydrogen-bond acceptors (Lipinski definition) is 2. The van der Waals surface area contributed by atoms with Crippen molar-refractivity contribution in [1.82, 2.24) is 0 Å². The van der Waals surface area contributed by atoms with Crippen molar-refractivity contribution in [3.05, 3.63) is 65.5 Å². The molecule has 0 saturated heterocycles. The Morgan fingerprint density at radius 3 is 2.32 bits per heavy atom. The second-order valence-electron chi connectivity index (χ2n) is 8.02. The Morgan fingerprint density at radius 2 is 1.71 bits per heavy atom. The van der Waals surface area contributed by atoms with Crippen molar-refractivity contribution < 1.29 is 9.13 Å². The van der Waals surface area contributed by atoms with Crippen LogP contribution in [0.3, 0.4) is 0 Å². The first-order valence-electron chi connectivity index (χ1n) is 10.6. The number of nitrogens with zero attached hydrogens (tertiary/aromatic N) is 1. The van der Waals surface area contributed by atoms with Crippen LogP contribution in [0.4, 0.5) is 4.39 Å². The predicted octanol–water partition coefficient (Wildman–Crippen LogP) is 7.20. The van der Waals surface area contributed by atoms with Crippen LogP contribution in [0.1, 0.15) is 75.5 Å². The van der Waals surface area contributed by atoms with Gasteiger partial charge in [0.1, 0.15) is 23.7 Å². The number of rotatable bonds is 8. The van der Waals surface area contributed by atoms with Crippen LogP contribution in [0.2, 0.25) is 0 Å². The van der Waals surface area contributed by atoms with Gasteiger partial charge in [0.25, 0.3) is 0 Å². The molecule has 0 aliphatic heterocycles. The lowest BCUT2D eigenvalue weighted by atomic mass is 9.78. The Kier molecular flexibility index (Phi) is 7.48. The molecule has 148 valence electrons. The van der Waals surface area contributed by atoms with E-state index in [9.17, 15) is 4.39 Å². The molecule has 1 aliphatic carbocycles. The Balaban J connectivity index is 1.64. The van der Waals surface area contributed by atoms with Crippen molar-refractivity contribution >= 4 is 0 Å². The first kappa shape index (κ1) is 20.4. The summed E-state index contributed by atoms with van der Waals surface area (Å²) in [6.07, 6.45) is 9.97. The number of benzene rings is 2. The Labute approximate surface area is 168 Å². The highest BCUT2D eigenvalue weighted by Crippen LogP contribution is 2.36. The molecule has 2 aromatic rings. The van der Waals surface area contributed by atoms with E-state index in [2.05, 4.69) is 19.1 Å². The van der Waals surface area contributed by atoms with E-state index in [1.165, 1.54) is 50.7 Å². The maximum atomic E-state index is 14.0. The molecule has 1 atom stereocenters. The number of nitriles is 1. The van der Waals surface area contributed by atoms with Gasteiger partial charge in [0, 0.05) is 6.07 Å². The van der Waals surface area contributed by atoms with Gasteiger partial charge in [0.05, 0.1) is 5.56 Å². The smallest absolute Gasteiger partial charge is 0.144 e. The maximum Gasteiger partial charge on any atom is 0.144 e. The zero-order valence-corrected chi connectivity index (χ0v) is 16.7. The van der Waals surface area contributed by atoms with Gasteiger partial charge in [-0.25, -0.2) is 4.39 Å². The average Bonchev–Trinajstić information content (AvgIpc) is 2.73. The minimum Gasteiger partial charge on any atom is -0.486 e. The SMILES string of the molecule is CCCC1CCC(CCC(Oc2ccc(C#N)c(F)c2)c2ccccc2)CC1. The molecule has 2 nitrogen and oxygen atoms in total. The van der Waals surface area contributed by atoms with Gasteiger partial charge in [-0.1, -0.05) is 75.8 Å². The van der Waals surface area contributed by atoms with Gasteiger partial charge in [-0.3, -0.25) is 0 Å². The van der Waals surface area contributed by atoms with E-state index >= 15 is 0 Å². The van der Waals surface area contributed by atoms with Crippen molar-refractivity contribution in [2.24, 2.45) is 11.8 Å². The second kappa shape index (κ2) is 10.3. The highest BCUT2D eigenvalue weighted by Gasteiger charge is 2.23. The molecule has 0 N–H and O–H groups in total. The number of halogens is 1. The summed E-state index contributed by atoms with van der Waals surface area (Å²) < 4.78 is 20.2.